The van der Waals surface area contributed by atoms with Crippen molar-refractivity contribution in [2.75, 3.05) is 0 Å². The number of unbranched alkanes of at least 4 members (excludes halogenated alkanes) is 3. The molecular weight excluding hydrogens is 198 g/mol. The minimum absolute atomic E-state index is 0.0764. The Labute approximate surface area is 99.1 Å². The lowest BCUT2D eigenvalue weighted by atomic mass is 10.2. The second kappa shape index (κ2) is 11.8. The van der Waals surface area contributed by atoms with Crippen molar-refractivity contribution in [3.05, 3.63) is 36.6 Å². The molecule has 2 heteroatoms. The molecule has 0 fully saturated rings. The summed E-state index contributed by atoms with van der Waals surface area (Å²) in [7, 11) is 0. The molecule has 0 bridgehead atoms. The lowest BCUT2D eigenvalue weighted by molar-refractivity contribution is -0.115. The first-order valence-electron chi connectivity index (χ1n) is 6.10. The maximum atomic E-state index is 11.2. The van der Waals surface area contributed by atoms with Crippen molar-refractivity contribution in [1.82, 2.24) is 5.32 Å². The topological polar surface area (TPSA) is 29.1 Å². The maximum Gasteiger partial charge on any atom is 0.247 e. The van der Waals surface area contributed by atoms with Crippen LogP contribution in [0.15, 0.2) is 36.6 Å². The molecule has 0 aliphatic rings. The summed E-state index contributed by atoms with van der Waals surface area (Å²) in [4.78, 5) is 11.2. The Bertz CT molecular complexity index is 251. The Morgan fingerprint density at radius 3 is 2.56 bits per heavy atom. The van der Waals surface area contributed by atoms with Crippen molar-refractivity contribution in [3.63, 3.8) is 0 Å². The fourth-order valence-electron chi connectivity index (χ4n) is 1.08. The molecule has 0 aliphatic carbocycles. The molecule has 0 atom stereocenters. The molecule has 0 radical (unpaired) electrons. The van der Waals surface area contributed by atoms with Gasteiger partial charge in [0.15, 0.2) is 0 Å². The van der Waals surface area contributed by atoms with E-state index in [1.165, 1.54) is 12.8 Å². The smallest absolute Gasteiger partial charge is 0.247 e. The van der Waals surface area contributed by atoms with Crippen molar-refractivity contribution in [2.45, 2.75) is 46.0 Å². The molecule has 2 nitrogen and oxygen atoms in total. The van der Waals surface area contributed by atoms with Crippen LogP contribution in [-0.4, -0.2) is 5.91 Å². The minimum atomic E-state index is -0.0764. The molecule has 0 aromatic rings. The van der Waals surface area contributed by atoms with Crippen LogP contribution in [0.1, 0.15) is 46.0 Å². The highest BCUT2D eigenvalue weighted by molar-refractivity contribution is 5.88. The standard InChI is InChI=1S/C14H23NO/c1-3-5-7-8-9-10-12-14(16)15-13-11-6-4-2/h8-13H,3-7H2,1-2H3,(H,15,16)/b9-8-,12-10-,13-11+. The molecule has 0 aliphatic heterocycles. The Balaban J connectivity index is 3.61. The second-order valence-corrected chi connectivity index (χ2v) is 3.63. The molecule has 0 spiro atoms. The van der Waals surface area contributed by atoms with Gasteiger partial charge in [0, 0.05) is 12.3 Å². The lowest BCUT2D eigenvalue weighted by Gasteiger charge is -1.91. The van der Waals surface area contributed by atoms with Crippen LogP contribution < -0.4 is 5.32 Å². The van der Waals surface area contributed by atoms with Gasteiger partial charge in [0.25, 0.3) is 0 Å². The summed E-state index contributed by atoms with van der Waals surface area (Å²) in [6.45, 7) is 4.27. The highest BCUT2D eigenvalue weighted by Gasteiger charge is 1.87. The van der Waals surface area contributed by atoms with Crippen LogP contribution >= 0.6 is 0 Å². The molecule has 1 amide bonds. The summed E-state index contributed by atoms with van der Waals surface area (Å²) >= 11 is 0. The Hall–Kier alpha value is -1.31. The number of hydrogen-bond donors (Lipinski definition) is 1. The van der Waals surface area contributed by atoms with Crippen molar-refractivity contribution < 1.29 is 4.79 Å². The van der Waals surface area contributed by atoms with Gasteiger partial charge in [-0.1, -0.05) is 57.4 Å². The molecule has 0 aromatic carbocycles. The predicted molar refractivity (Wildman–Crippen MR) is 70.0 cm³/mol. The zero-order valence-electron chi connectivity index (χ0n) is 10.4. The van der Waals surface area contributed by atoms with Gasteiger partial charge in [0.2, 0.25) is 5.91 Å². The summed E-state index contributed by atoms with van der Waals surface area (Å²) < 4.78 is 0. The molecule has 0 unspecified atom stereocenters. The molecule has 90 valence electrons. The zero-order chi connectivity index (χ0) is 12.1. The van der Waals surface area contributed by atoms with Gasteiger partial charge in [-0.3, -0.25) is 4.79 Å². The van der Waals surface area contributed by atoms with Crippen molar-refractivity contribution in [2.24, 2.45) is 0 Å². The molecule has 1 N–H and O–H groups in total. The highest BCUT2D eigenvalue weighted by Crippen LogP contribution is 1.94. The zero-order valence-corrected chi connectivity index (χ0v) is 10.4. The van der Waals surface area contributed by atoms with E-state index in [9.17, 15) is 4.79 Å². The number of hydrogen-bond acceptors (Lipinski definition) is 1. The summed E-state index contributed by atoms with van der Waals surface area (Å²) in [5.41, 5.74) is 0. The fourth-order valence-corrected chi connectivity index (χ4v) is 1.08. The Morgan fingerprint density at radius 2 is 1.88 bits per heavy atom. The first-order valence-corrected chi connectivity index (χ1v) is 6.10. The molecule has 0 saturated carbocycles. The van der Waals surface area contributed by atoms with E-state index < -0.39 is 0 Å². The van der Waals surface area contributed by atoms with Crippen molar-refractivity contribution in [3.8, 4) is 0 Å². The van der Waals surface area contributed by atoms with Crippen LogP contribution in [0.3, 0.4) is 0 Å². The molecule has 16 heavy (non-hydrogen) atoms. The van der Waals surface area contributed by atoms with E-state index in [0.29, 0.717) is 0 Å². The number of amides is 1. The van der Waals surface area contributed by atoms with Gasteiger partial charge in [0.05, 0.1) is 0 Å². The van der Waals surface area contributed by atoms with Gasteiger partial charge < -0.3 is 5.32 Å². The molecule has 0 heterocycles. The third-order valence-corrected chi connectivity index (χ3v) is 2.02. The van der Waals surface area contributed by atoms with E-state index in [4.69, 9.17) is 0 Å². The van der Waals surface area contributed by atoms with Gasteiger partial charge >= 0.3 is 0 Å². The van der Waals surface area contributed by atoms with Crippen LogP contribution in [0.25, 0.3) is 0 Å². The van der Waals surface area contributed by atoms with Gasteiger partial charge in [-0.15, -0.1) is 0 Å². The number of rotatable bonds is 8. The summed E-state index contributed by atoms with van der Waals surface area (Å²) in [5, 5.41) is 2.68. The first kappa shape index (κ1) is 14.7. The normalized spacial score (nSPS) is 11.9. The van der Waals surface area contributed by atoms with E-state index in [1.54, 1.807) is 18.4 Å². The SMILES string of the molecule is CCC/C=C/NC(=O)/C=C\C=C/CCCC. The van der Waals surface area contributed by atoms with Gasteiger partial charge in [-0.05, 0) is 12.8 Å². The maximum absolute atomic E-state index is 11.2. The van der Waals surface area contributed by atoms with E-state index in [1.807, 2.05) is 12.2 Å². The highest BCUT2D eigenvalue weighted by atomic mass is 16.1. The van der Waals surface area contributed by atoms with Crippen molar-refractivity contribution >= 4 is 5.91 Å². The largest absolute Gasteiger partial charge is 0.329 e. The van der Waals surface area contributed by atoms with E-state index >= 15 is 0 Å². The monoisotopic (exact) mass is 221 g/mol. The average molecular weight is 221 g/mol. The van der Waals surface area contributed by atoms with Crippen LogP contribution in [0, 0.1) is 0 Å². The second-order valence-electron chi connectivity index (χ2n) is 3.63. The third kappa shape index (κ3) is 10.8. The summed E-state index contributed by atoms with van der Waals surface area (Å²) in [5.74, 6) is -0.0764. The molecule has 0 aromatic heterocycles. The molecule has 0 rings (SSSR count). The first-order chi connectivity index (χ1) is 7.81. The number of carbonyl (C=O) groups excluding carboxylic acids is 1. The predicted octanol–water partition coefficient (Wildman–Crippen LogP) is 3.72. The van der Waals surface area contributed by atoms with E-state index in [0.717, 1.165) is 19.3 Å². The van der Waals surface area contributed by atoms with Crippen LogP contribution in [0.4, 0.5) is 0 Å². The molecular formula is C14H23NO. The van der Waals surface area contributed by atoms with Crippen molar-refractivity contribution in [1.29, 1.82) is 0 Å². The van der Waals surface area contributed by atoms with Gasteiger partial charge in [-0.2, -0.15) is 0 Å². The fraction of sp³-hybridized carbons (Fsp3) is 0.500. The summed E-state index contributed by atoms with van der Waals surface area (Å²) in [6.07, 6.45) is 16.6. The quantitative estimate of drug-likeness (QED) is 0.378. The number of nitrogens with one attached hydrogen (secondary N) is 1. The van der Waals surface area contributed by atoms with E-state index in [2.05, 4.69) is 25.2 Å². The number of carbonyl (C=O) groups is 1. The average Bonchev–Trinajstić information content (AvgIpc) is 2.29. The summed E-state index contributed by atoms with van der Waals surface area (Å²) in [6, 6.07) is 0. The van der Waals surface area contributed by atoms with E-state index in [-0.39, 0.29) is 5.91 Å². The number of allylic oxidation sites excluding steroid dienone is 4. The van der Waals surface area contributed by atoms with Crippen LogP contribution in [-0.2, 0) is 4.79 Å². The Kier molecular flexibility index (Phi) is 10.8. The Morgan fingerprint density at radius 1 is 1.06 bits per heavy atom. The van der Waals surface area contributed by atoms with Gasteiger partial charge in [0.1, 0.15) is 0 Å². The van der Waals surface area contributed by atoms with Crippen LogP contribution in [0.5, 0.6) is 0 Å². The van der Waals surface area contributed by atoms with Gasteiger partial charge in [-0.25, -0.2) is 0 Å². The molecule has 0 saturated heterocycles. The lowest BCUT2D eigenvalue weighted by Crippen LogP contribution is -2.13. The van der Waals surface area contributed by atoms with Crippen LogP contribution in [0.2, 0.25) is 0 Å². The third-order valence-electron chi connectivity index (χ3n) is 2.02. The minimum Gasteiger partial charge on any atom is -0.329 e.